The molecule has 1 fully saturated rings. The molecule has 0 bridgehead atoms. The Labute approximate surface area is 166 Å². The van der Waals surface area contributed by atoms with Gasteiger partial charge in [0, 0.05) is 31.7 Å². The second-order valence-electron chi connectivity index (χ2n) is 7.23. The first-order valence-electron chi connectivity index (χ1n) is 9.92. The number of carbonyl (C=O) groups is 2. The predicted octanol–water partition coefficient (Wildman–Crippen LogP) is 3.31. The van der Waals surface area contributed by atoms with Crippen LogP contribution in [-0.4, -0.2) is 54.4 Å². The van der Waals surface area contributed by atoms with Crippen LogP contribution in [0.5, 0.6) is 5.75 Å². The zero-order valence-electron chi connectivity index (χ0n) is 16.7. The summed E-state index contributed by atoms with van der Waals surface area (Å²) in [5, 5.41) is 0. The molecule has 1 saturated heterocycles. The van der Waals surface area contributed by atoms with Crippen LogP contribution < -0.4 is 4.74 Å². The van der Waals surface area contributed by atoms with Gasteiger partial charge in [-0.25, -0.2) is 0 Å². The van der Waals surface area contributed by atoms with Gasteiger partial charge in [-0.3, -0.25) is 9.59 Å². The van der Waals surface area contributed by atoms with Gasteiger partial charge in [-0.05, 0) is 43.2 Å². The van der Waals surface area contributed by atoms with Gasteiger partial charge in [0.1, 0.15) is 5.75 Å². The molecule has 148 valence electrons. The van der Waals surface area contributed by atoms with Crippen molar-refractivity contribution < 1.29 is 14.3 Å². The van der Waals surface area contributed by atoms with E-state index in [9.17, 15) is 9.59 Å². The van der Waals surface area contributed by atoms with Crippen molar-refractivity contribution in [3.63, 3.8) is 0 Å². The highest BCUT2D eigenvalue weighted by molar-refractivity contribution is 5.94. The van der Waals surface area contributed by atoms with Gasteiger partial charge in [-0.15, -0.1) is 0 Å². The molecule has 2 aromatic rings. The third-order valence-corrected chi connectivity index (χ3v) is 5.01. The molecule has 1 heterocycles. The Morgan fingerprint density at radius 1 is 0.964 bits per heavy atom. The van der Waals surface area contributed by atoms with Gasteiger partial charge in [0.2, 0.25) is 0 Å². The maximum Gasteiger partial charge on any atom is 0.260 e. The first kappa shape index (κ1) is 19.9. The molecule has 1 aliphatic rings. The van der Waals surface area contributed by atoms with Crippen molar-refractivity contribution in [2.24, 2.45) is 0 Å². The van der Waals surface area contributed by atoms with Crippen LogP contribution in [-0.2, 0) is 11.2 Å². The number of nitrogens with zero attached hydrogens (tertiary/aromatic N) is 2. The Balaban J connectivity index is 1.46. The molecule has 2 amide bonds. The van der Waals surface area contributed by atoms with Crippen LogP contribution in [0.15, 0.2) is 48.5 Å². The van der Waals surface area contributed by atoms with Crippen LogP contribution in [0.25, 0.3) is 0 Å². The van der Waals surface area contributed by atoms with E-state index in [0.29, 0.717) is 37.5 Å². The molecule has 3 rings (SSSR count). The average molecular weight is 380 g/mol. The van der Waals surface area contributed by atoms with Crippen molar-refractivity contribution in [1.82, 2.24) is 9.80 Å². The lowest BCUT2D eigenvalue weighted by atomic mass is 10.1. The van der Waals surface area contributed by atoms with Crippen LogP contribution in [0.1, 0.15) is 34.8 Å². The molecule has 0 saturated carbocycles. The fourth-order valence-corrected chi connectivity index (χ4v) is 3.40. The SMILES string of the molecule is CCCc1ccc(OCC(=O)N2CCN(C(=O)c3cccc(C)c3)CC2)cc1. The molecule has 5 heteroatoms. The molecule has 0 atom stereocenters. The third-order valence-electron chi connectivity index (χ3n) is 5.01. The van der Waals surface area contributed by atoms with Crippen molar-refractivity contribution >= 4 is 11.8 Å². The van der Waals surface area contributed by atoms with Gasteiger partial charge in [0.05, 0.1) is 0 Å². The maximum atomic E-state index is 12.6. The van der Waals surface area contributed by atoms with Crippen molar-refractivity contribution in [2.75, 3.05) is 32.8 Å². The van der Waals surface area contributed by atoms with Crippen LogP contribution in [0.4, 0.5) is 0 Å². The van der Waals surface area contributed by atoms with Crippen molar-refractivity contribution in [3.8, 4) is 5.75 Å². The van der Waals surface area contributed by atoms with Gasteiger partial charge in [0.25, 0.3) is 11.8 Å². The molecule has 0 N–H and O–H groups in total. The number of hydrogen-bond acceptors (Lipinski definition) is 3. The minimum atomic E-state index is -0.0414. The van der Waals surface area contributed by atoms with E-state index in [1.165, 1.54) is 5.56 Å². The van der Waals surface area contributed by atoms with Gasteiger partial charge in [-0.2, -0.15) is 0 Å². The lowest BCUT2D eigenvalue weighted by Crippen LogP contribution is -2.51. The largest absolute Gasteiger partial charge is 0.484 e. The van der Waals surface area contributed by atoms with Gasteiger partial charge < -0.3 is 14.5 Å². The summed E-state index contributed by atoms with van der Waals surface area (Å²) in [6.07, 6.45) is 2.15. The van der Waals surface area contributed by atoms with Crippen LogP contribution in [0, 0.1) is 6.92 Å². The summed E-state index contributed by atoms with van der Waals surface area (Å²) < 4.78 is 5.64. The number of rotatable bonds is 6. The summed E-state index contributed by atoms with van der Waals surface area (Å²) >= 11 is 0. The minimum absolute atomic E-state index is 0.0267. The molecule has 28 heavy (non-hydrogen) atoms. The van der Waals surface area contributed by atoms with E-state index in [4.69, 9.17) is 4.74 Å². The third kappa shape index (κ3) is 5.12. The lowest BCUT2D eigenvalue weighted by molar-refractivity contribution is -0.134. The number of hydrogen-bond donors (Lipinski definition) is 0. The Kier molecular flexibility index (Phi) is 6.69. The molecule has 0 aliphatic carbocycles. The van der Waals surface area contributed by atoms with Gasteiger partial charge >= 0.3 is 0 Å². The summed E-state index contributed by atoms with van der Waals surface area (Å²) in [4.78, 5) is 28.6. The van der Waals surface area contributed by atoms with E-state index >= 15 is 0 Å². The highest BCUT2D eigenvalue weighted by Crippen LogP contribution is 2.14. The lowest BCUT2D eigenvalue weighted by Gasteiger charge is -2.34. The van der Waals surface area contributed by atoms with Gasteiger partial charge in [-0.1, -0.05) is 43.2 Å². The van der Waals surface area contributed by atoms with E-state index in [0.717, 1.165) is 18.4 Å². The number of amides is 2. The minimum Gasteiger partial charge on any atom is -0.484 e. The zero-order valence-corrected chi connectivity index (χ0v) is 16.7. The fourth-order valence-electron chi connectivity index (χ4n) is 3.40. The second-order valence-corrected chi connectivity index (χ2v) is 7.23. The summed E-state index contributed by atoms with van der Waals surface area (Å²) in [5.41, 5.74) is 3.05. The Morgan fingerprint density at radius 3 is 2.29 bits per heavy atom. The molecular formula is C23H28N2O3. The normalized spacial score (nSPS) is 14.1. The van der Waals surface area contributed by atoms with E-state index in [1.807, 2.05) is 60.4 Å². The van der Waals surface area contributed by atoms with Crippen LogP contribution >= 0.6 is 0 Å². The molecule has 0 unspecified atom stereocenters. The highest BCUT2D eigenvalue weighted by atomic mass is 16.5. The fraction of sp³-hybridized carbons (Fsp3) is 0.391. The monoisotopic (exact) mass is 380 g/mol. The first-order valence-corrected chi connectivity index (χ1v) is 9.92. The number of ether oxygens (including phenoxy) is 1. The highest BCUT2D eigenvalue weighted by Gasteiger charge is 2.25. The zero-order chi connectivity index (χ0) is 19.9. The second kappa shape index (κ2) is 9.40. The summed E-state index contributed by atoms with van der Waals surface area (Å²) in [5.74, 6) is 0.695. The van der Waals surface area contributed by atoms with Crippen LogP contribution in [0.3, 0.4) is 0 Å². The standard InChI is InChI=1S/C23H28N2O3/c1-3-5-19-8-10-21(11-9-19)28-17-22(26)24-12-14-25(15-13-24)23(27)20-7-4-6-18(2)16-20/h4,6-11,16H,3,5,12-15,17H2,1-2H3. The quantitative estimate of drug-likeness (QED) is 0.773. The van der Waals surface area contributed by atoms with Crippen LogP contribution in [0.2, 0.25) is 0 Å². The molecule has 2 aromatic carbocycles. The summed E-state index contributed by atoms with van der Waals surface area (Å²) in [6.45, 7) is 6.32. The number of carbonyl (C=O) groups excluding carboxylic acids is 2. The van der Waals surface area contributed by atoms with E-state index < -0.39 is 0 Å². The van der Waals surface area contributed by atoms with E-state index in [-0.39, 0.29) is 18.4 Å². The first-order chi connectivity index (χ1) is 13.6. The Morgan fingerprint density at radius 2 is 1.64 bits per heavy atom. The van der Waals surface area contributed by atoms with Crippen molar-refractivity contribution in [1.29, 1.82) is 0 Å². The van der Waals surface area contributed by atoms with Crippen molar-refractivity contribution in [2.45, 2.75) is 26.7 Å². The Bertz CT molecular complexity index is 809. The molecule has 0 spiro atoms. The number of benzene rings is 2. The van der Waals surface area contributed by atoms with E-state index in [2.05, 4.69) is 6.92 Å². The van der Waals surface area contributed by atoms with E-state index in [1.54, 1.807) is 4.90 Å². The molecule has 5 nitrogen and oxygen atoms in total. The summed E-state index contributed by atoms with van der Waals surface area (Å²) in [7, 11) is 0. The Hall–Kier alpha value is -2.82. The summed E-state index contributed by atoms with van der Waals surface area (Å²) in [6, 6.07) is 15.5. The molecular weight excluding hydrogens is 352 g/mol. The predicted molar refractivity (Wildman–Crippen MR) is 110 cm³/mol. The number of aryl methyl sites for hydroxylation is 2. The van der Waals surface area contributed by atoms with Crippen molar-refractivity contribution in [3.05, 3.63) is 65.2 Å². The topological polar surface area (TPSA) is 49.9 Å². The molecule has 0 aromatic heterocycles. The smallest absolute Gasteiger partial charge is 0.260 e. The maximum absolute atomic E-state index is 12.6. The molecule has 0 radical (unpaired) electrons. The average Bonchev–Trinajstić information content (AvgIpc) is 2.73. The van der Waals surface area contributed by atoms with Gasteiger partial charge in [0.15, 0.2) is 6.61 Å². The molecule has 1 aliphatic heterocycles. The number of piperazine rings is 1.